The molecule has 2 amide bonds. The number of carbonyl (C=O) groups excluding carboxylic acids is 2. The molecule has 0 aliphatic carbocycles. The monoisotopic (exact) mass is 788 g/mol. The molecule has 10 atom stereocenters. The van der Waals surface area contributed by atoms with E-state index in [9.17, 15) is 39.6 Å². The largest absolute Gasteiger partial charge is 0.508 e. The Morgan fingerprint density at radius 2 is 0.833 bits per heavy atom. The van der Waals surface area contributed by atoms with E-state index in [1.807, 2.05) is 27.7 Å². The molecular weight excluding hydrogens is 725 g/mol. The summed E-state index contributed by atoms with van der Waals surface area (Å²) in [5.41, 5.74) is 1.39. The zero-order valence-electron chi connectivity index (χ0n) is 33.3. The summed E-state index contributed by atoms with van der Waals surface area (Å²) in [6.07, 6.45) is 4.63. The van der Waals surface area contributed by atoms with E-state index in [4.69, 9.17) is 0 Å². The summed E-state index contributed by atoms with van der Waals surface area (Å²) in [5, 5.41) is 45.2. The lowest BCUT2D eigenvalue weighted by atomic mass is 9.84. The summed E-state index contributed by atoms with van der Waals surface area (Å²) in [6.45, 7) is 16.8. The molecule has 302 valence electrons. The van der Waals surface area contributed by atoms with Gasteiger partial charge in [-0.3, -0.25) is 9.59 Å². The molecule has 0 saturated carbocycles. The van der Waals surface area contributed by atoms with Crippen LogP contribution in [0.1, 0.15) is 105 Å². The van der Waals surface area contributed by atoms with Crippen molar-refractivity contribution in [3.63, 3.8) is 0 Å². The average Bonchev–Trinajstić information content (AvgIpc) is 3.15. The highest BCUT2D eigenvalue weighted by Gasteiger charge is 2.36. The summed E-state index contributed by atoms with van der Waals surface area (Å²) in [6, 6.07) is 10.4. The number of phenols is 2. The molecule has 0 aliphatic heterocycles. The van der Waals surface area contributed by atoms with Crippen LogP contribution < -0.4 is 10.6 Å². The Hall–Kier alpha value is -3.38. The second-order valence-electron chi connectivity index (χ2n) is 15.0. The van der Waals surface area contributed by atoms with Crippen LogP contribution in [0.3, 0.4) is 0 Å². The number of carbonyl (C=O) groups is 4. The maximum atomic E-state index is 13.9. The zero-order valence-corrected chi connectivity index (χ0v) is 34.9. The number of carboxylic acids is 2. The van der Waals surface area contributed by atoms with Gasteiger partial charge in [0.25, 0.3) is 0 Å². The van der Waals surface area contributed by atoms with E-state index in [0.717, 1.165) is 25.7 Å². The molecular formula is C42H64N2O8S2. The number of hydrogen-bond donors (Lipinski definition) is 6. The minimum Gasteiger partial charge on any atom is -0.508 e. The number of aromatic hydroxyl groups is 2. The molecule has 12 heteroatoms. The summed E-state index contributed by atoms with van der Waals surface area (Å²) in [5.74, 6) is -2.89. The third kappa shape index (κ3) is 15.0. The summed E-state index contributed by atoms with van der Waals surface area (Å²) < 4.78 is 0. The lowest BCUT2D eigenvalue weighted by molar-refractivity contribution is -0.143. The number of nitrogens with one attached hydrogen (secondary N) is 2. The van der Waals surface area contributed by atoms with Crippen LogP contribution in [0, 0.1) is 35.5 Å². The molecule has 0 radical (unpaired) electrons. The first-order valence-electron chi connectivity index (χ1n) is 19.5. The second kappa shape index (κ2) is 23.5. The zero-order chi connectivity index (χ0) is 40.5. The van der Waals surface area contributed by atoms with E-state index >= 15 is 0 Å². The van der Waals surface area contributed by atoms with Crippen molar-refractivity contribution in [1.82, 2.24) is 10.6 Å². The van der Waals surface area contributed by atoms with Crippen molar-refractivity contribution in [2.45, 2.75) is 129 Å². The van der Waals surface area contributed by atoms with E-state index in [1.165, 1.54) is 24.3 Å². The third-order valence-corrected chi connectivity index (χ3v) is 14.9. The van der Waals surface area contributed by atoms with Gasteiger partial charge in [0.2, 0.25) is 11.8 Å². The fourth-order valence-electron chi connectivity index (χ4n) is 6.36. The molecule has 0 aliphatic rings. The molecule has 54 heavy (non-hydrogen) atoms. The third-order valence-electron chi connectivity index (χ3n) is 11.1. The Balaban J connectivity index is 2.28. The molecule has 6 N–H and O–H groups in total. The number of rotatable bonds is 25. The number of carboxylic acid groups (broad SMARTS) is 2. The smallest absolute Gasteiger partial charge is 0.326 e. The molecule has 0 bridgehead atoms. The molecule has 0 aromatic heterocycles. The lowest BCUT2D eigenvalue weighted by Crippen LogP contribution is -2.47. The van der Waals surface area contributed by atoms with Crippen LogP contribution in [0.25, 0.3) is 0 Å². The van der Waals surface area contributed by atoms with Gasteiger partial charge in [0, 0.05) is 35.2 Å². The van der Waals surface area contributed by atoms with Gasteiger partial charge in [-0.1, -0.05) is 127 Å². The number of benzene rings is 2. The van der Waals surface area contributed by atoms with E-state index in [2.05, 4.69) is 38.3 Å². The average molecular weight is 789 g/mol. The Bertz CT molecular complexity index is 1350. The quantitative estimate of drug-likeness (QED) is 0.0537. The Morgan fingerprint density at radius 3 is 1.09 bits per heavy atom. The summed E-state index contributed by atoms with van der Waals surface area (Å²) in [4.78, 5) is 52.4. The topological polar surface area (TPSA) is 173 Å². The second-order valence-corrected chi connectivity index (χ2v) is 17.8. The van der Waals surface area contributed by atoms with E-state index in [1.54, 1.807) is 45.9 Å². The van der Waals surface area contributed by atoms with Gasteiger partial charge in [0.15, 0.2) is 0 Å². The van der Waals surface area contributed by atoms with Crippen molar-refractivity contribution in [3.05, 3.63) is 59.7 Å². The first kappa shape index (κ1) is 46.8. The van der Waals surface area contributed by atoms with Gasteiger partial charge in [-0.15, -0.1) is 0 Å². The molecule has 2 aromatic rings. The minimum atomic E-state index is -1.12. The maximum absolute atomic E-state index is 13.9. The van der Waals surface area contributed by atoms with Crippen LogP contribution in [0.4, 0.5) is 0 Å². The molecule has 0 fully saturated rings. The van der Waals surface area contributed by atoms with Crippen molar-refractivity contribution < 1.29 is 39.6 Å². The first-order chi connectivity index (χ1) is 25.5. The van der Waals surface area contributed by atoms with Crippen LogP contribution >= 0.6 is 21.6 Å². The van der Waals surface area contributed by atoms with Crippen molar-refractivity contribution >= 4 is 45.3 Å². The van der Waals surface area contributed by atoms with Crippen LogP contribution in [0.2, 0.25) is 0 Å². The molecule has 2 rings (SSSR count). The fourth-order valence-corrected chi connectivity index (χ4v) is 10.4. The van der Waals surface area contributed by atoms with Gasteiger partial charge < -0.3 is 31.1 Å². The van der Waals surface area contributed by atoms with Crippen LogP contribution in [-0.4, -0.2) is 66.8 Å². The van der Waals surface area contributed by atoms with Crippen LogP contribution in [-0.2, 0) is 32.0 Å². The number of hydrogen-bond acceptors (Lipinski definition) is 8. The first-order valence-corrected chi connectivity index (χ1v) is 21.8. The van der Waals surface area contributed by atoms with Gasteiger partial charge in [0.05, 0.1) is 0 Å². The highest BCUT2D eigenvalue weighted by atomic mass is 33.1. The Kier molecular flexibility index (Phi) is 20.4. The SMILES string of the molecule is CCC(C)C(CC(C(=O)N[C@@H](Cc1ccc(O)cc1)C(=O)O)C(C)CC)SSC(CC(C(=O)N[C@@H](Cc1ccc(O)cc1)C(=O)O)C(C)CC)C(C)CC. The number of phenolic OH excluding ortho intramolecular Hbond substituents is 2. The lowest BCUT2D eigenvalue weighted by Gasteiger charge is -2.33. The van der Waals surface area contributed by atoms with Gasteiger partial charge in [-0.05, 0) is 71.9 Å². The number of aliphatic carboxylic acids is 2. The fraction of sp³-hybridized carbons (Fsp3) is 0.619. The van der Waals surface area contributed by atoms with Crippen molar-refractivity contribution in [1.29, 1.82) is 0 Å². The van der Waals surface area contributed by atoms with E-state index in [-0.39, 0.29) is 70.3 Å². The molecule has 0 spiro atoms. The van der Waals surface area contributed by atoms with Gasteiger partial charge in [0.1, 0.15) is 23.6 Å². The molecule has 8 unspecified atom stereocenters. The standard InChI is InChI=1S/C42H64N2O8S2/c1-9-25(5)33(39(47)43-35(41(49)50)21-29-13-17-31(45)18-14-29)23-37(27(7)11-3)53-54-38(28(8)12-4)24-34(26(6)10-2)40(48)44-36(42(51)52)22-30-15-19-32(46)20-16-30/h13-20,25-28,33-38,45-46H,9-12,21-24H2,1-8H3,(H,43,47)(H,44,48)(H,49,50)(H,51,52)/t25?,26?,27?,28?,33?,34?,35-,36-,37?,38?/m0/s1. The van der Waals surface area contributed by atoms with Crippen molar-refractivity contribution in [2.75, 3.05) is 0 Å². The summed E-state index contributed by atoms with van der Waals surface area (Å²) in [7, 11) is 3.51. The van der Waals surface area contributed by atoms with Crippen LogP contribution in [0.5, 0.6) is 11.5 Å². The Labute approximate surface area is 330 Å². The Morgan fingerprint density at radius 1 is 0.537 bits per heavy atom. The predicted molar refractivity (Wildman–Crippen MR) is 220 cm³/mol. The van der Waals surface area contributed by atoms with E-state index in [0.29, 0.717) is 24.0 Å². The molecule has 10 nitrogen and oxygen atoms in total. The normalized spacial score (nSPS) is 17.1. The molecule has 0 heterocycles. The highest BCUT2D eigenvalue weighted by molar-refractivity contribution is 8.77. The molecule has 2 aromatic carbocycles. The van der Waals surface area contributed by atoms with Gasteiger partial charge in [-0.25, -0.2) is 9.59 Å². The van der Waals surface area contributed by atoms with Gasteiger partial charge >= 0.3 is 11.9 Å². The maximum Gasteiger partial charge on any atom is 0.326 e. The van der Waals surface area contributed by atoms with Crippen molar-refractivity contribution in [2.24, 2.45) is 35.5 Å². The molecule has 0 saturated heterocycles. The van der Waals surface area contributed by atoms with Gasteiger partial charge in [-0.2, -0.15) is 0 Å². The minimum absolute atomic E-state index is 0.0119. The predicted octanol–water partition coefficient (Wildman–Crippen LogP) is 8.34. The highest BCUT2D eigenvalue weighted by Crippen LogP contribution is 2.45. The van der Waals surface area contributed by atoms with E-state index < -0.39 is 35.9 Å². The van der Waals surface area contributed by atoms with Crippen LogP contribution in [0.15, 0.2) is 48.5 Å². The number of amides is 2. The van der Waals surface area contributed by atoms with Crippen molar-refractivity contribution in [3.8, 4) is 11.5 Å². The summed E-state index contributed by atoms with van der Waals surface area (Å²) >= 11 is 0.